The molecule has 0 saturated heterocycles. The predicted molar refractivity (Wildman–Crippen MR) is 79.9 cm³/mol. The number of aromatic nitrogens is 1. The standard InChI is InChI=1S/C16H18N4/c1-2-20-14-6-4-3-5-12(14)15-10-7-8-11(16(15)20)13(9-10)18-19-17/h3-6,10-11,13H,2,7-9H2,1H3. The van der Waals surface area contributed by atoms with Gasteiger partial charge in [0.1, 0.15) is 0 Å². The molecule has 2 bridgehead atoms. The molecule has 3 atom stereocenters. The zero-order valence-electron chi connectivity index (χ0n) is 11.7. The zero-order chi connectivity index (χ0) is 13.7. The van der Waals surface area contributed by atoms with Crippen molar-refractivity contribution >= 4 is 10.9 Å². The highest BCUT2D eigenvalue weighted by Gasteiger charge is 2.42. The molecule has 0 radical (unpaired) electrons. The van der Waals surface area contributed by atoms with Crippen LogP contribution in [0.1, 0.15) is 49.3 Å². The highest BCUT2D eigenvalue weighted by atomic mass is 15.2. The number of nitrogens with zero attached hydrogens (tertiary/aromatic N) is 4. The van der Waals surface area contributed by atoms with Crippen molar-refractivity contribution in [3.05, 3.63) is 46.0 Å². The Bertz CT molecular complexity index is 723. The lowest BCUT2D eigenvalue weighted by Gasteiger charge is -2.41. The van der Waals surface area contributed by atoms with Crippen LogP contribution in [-0.4, -0.2) is 10.6 Å². The van der Waals surface area contributed by atoms with E-state index in [1.165, 1.54) is 23.0 Å². The molecule has 0 spiro atoms. The third kappa shape index (κ3) is 1.40. The molecule has 3 unspecified atom stereocenters. The fourth-order valence-corrected chi connectivity index (χ4v) is 4.44. The van der Waals surface area contributed by atoms with Crippen molar-refractivity contribution in [1.82, 2.24) is 4.57 Å². The summed E-state index contributed by atoms with van der Waals surface area (Å²) in [6, 6.07) is 8.88. The Labute approximate surface area is 118 Å². The van der Waals surface area contributed by atoms with Gasteiger partial charge in [-0.1, -0.05) is 23.3 Å². The fraction of sp³-hybridized carbons (Fsp3) is 0.500. The lowest BCUT2D eigenvalue weighted by Crippen LogP contribution is -2.33. The minimum atomic E-state index is 0.154. The maximum atomic E-state index is 8.81. The molecule has 0 aliphatic heterocycles. The highest BCUT2D eigenvalue weighted by molar-refractivity contribution is 5.87. The normalized spacial score (nSPS) is 27.4. The number of aryl methyl sites for hydroxylation is 1. The largest absolute Gasteiger partial charge is 0.344 e. The first-order valence-electron chi connectivity index (χ1n) is 7.50. The van der Waals surface area contributed by atoms with E-state index in [1.54, 1.807) is 5.56 Å². The molecule has 20 heavy (non-hydrogen) atoms. The van der Waals surface area contributed by atoms with Gasteiger partial charge in [-0.3, -0.25) is 0 Å². The second kappa shape index (κ2) is 4.29. The van der Waals surface area contributed by atoms with Gasteiger partial charge in [0.05, 0.1) is 0 Å². The minimum Gasteiger partial charge on any atom is -0.344 e. The summed E-state index contributed by atoms with van der Waals surface area (Å²) in [7, 11) is 0. The summed E-state index contributed by atoms with van der Waals surface area (Å²) in [6.45, 7) is 3.19. The maximum absolute atomic E-state index is 8.81. The molecule has 4 nitrogen and oxygen atoms in total. The predicted octanol–water partition coefficient (Wildman–Crippen LogP) is 4.70. The first-order chi connectivity index (χ1) is 9.85. The van der Waals surface area contributed by atoms with Gasteiger partial charge in [0, 0.05) is 40.0 Å². The van der Waals surface area contributed by atoms with Crippen LogP contribution in [0.5, 0.6) is 0 Å². The molecule has 5 rings (SSSR count). The van der Waals surface area contributed by atoms with Crippen molar-refractivity contribution in [2.75, 3.05) is 0 Å². The van der Waals surface area contributed by atoms with Crippen LogP contribution in [0.3, 0.4) is 0 Å². The molecule has 1 aromatic heterocycles. The van der Waals surface area contributed by atoms with E-state index in [-0.39, 0.29) is 6.04 Å². The number of fused-ring (bicyclic) bond motifs is 3. The van der Waals surface area contributed by atoms with Crippen LogP contribution in [-0.2, 0) is 6.54 Å². The molecule has 0 N–H and O–H groups in total. The molecular weight excluding hydrogens is 248 g/mol. The maximum Gasteiger partial charge on any atom is 0.0485 e. The van der Waals surface area contributed by atoms with Crippen molar-refractivity contribution in [3.8, 4) is 0 Å². The molecule has 1 aromatic carbocycles. The first-order valence-corrected chi connectivity index (χ1v) is 7.50. The number of hydrogen-bond donors (Lipinski definition) is 0. The molecule has 3 aliphatic rings. The third-order valence-electron chi connectivity index (χ3n) is 5.14. The summed E-state index contributed by atoms with van der Waals surface area (Å²) in [5.41, 5.74) is 13.2. The van der Waals surface area contributed by atoms with E-state index < -0.39 is 0 Å². The van der Waals surface area contributed by atoms with Crippen LogP contribution < -0.4 is 0 Å². The molecule has 3 aliphatic carbocycles. The Hall–Kier alpha value is -1.93. The van der Waals surface area contributed by atoms with Gasteiger partial charge in [-0.25, -0.2) is 0 Å². The van der Waals surface area contributed by atoms with Crippen molar-refractivity contribution in [2.45, 2.75) is 50.6 Å². The smallest absolute Gasteiger partial charge is 0.0485 e. The average Bonchev–Trinajstić information content (AvgIpc) is 2.84. The van der Waals surface area contributed by atoms with Gasteiger partial charge >= 0.3 is 0 Å². The molecule has 1 fully saturated rings. The summed E-state index contributed by atoms with van der Waals surface area (Å²) in [5, 5.41) is 5.49. The van der Waals surface area contributed by atoms with Crippen LogP contribution in [0.25, 0.3) is 21.3 Å². The average molecular weight is 266 g/mol. The Morgan fingerprint density at radius 2 is 2.20 bits per heavy atom. The van der Waals surface area contributed by atoms with Crippen molar-refractivity contribution in [3.63, 3.8) is 0 Å². The lowest BCUT2D eigenvalue weighted by molar-refractivity contribution is 0.303. The monoisotopic (exact) mass is 266 g/mol. The number of benzene rings is 1. The van der Waals surface area contributed by atoms with Crippen LogP contribution >= 0.6 is 0 Å². The van der Waals surface area contributed by atoms with Gasteiger partial charge in [-0.05, 0) is 49.3 Å². The number of hydrogen-bond acceptors (Lipinski definition) is 1. The zero-order valence-corrected chi connectivity index (χ0v) is 11.7. The van der Waals surface area contributed by atoms with Crippen LogP contribution in [0.15, 0.2) is 29.4 Å². The van der Waals surface area contributed by atoms with Crippen molar-refractivity contribution in [1.29, 1.82) is 0 Å². The summed E-state index contributed by atoms with van der Waals surface area (Å²) >= 11 is 0. The second-order valence-electron chi connectivity index (χ2n) is 5.95. The van der Waals surface area contributed by atoms with E-state index >= 15 is 0 Å². The summed E-state index contributed by atoms with van der Waals surface area (Å²) in [6.07, 6.45) is 3.43. The minimum absolute atomic E-state index is 0.154. The van der Waals surface area contributed by atoms with Crippen molar-refractivity contribution in [2.24, 2.45) is 5.11 Å². The SMILES string of the molecule is CCn1c2c(c3ccccc31)C1CCC2C(N=[N+]=[N-])C1. The van der Waals surface area contributed by atoms with Gasteiger partial charge in [0.15, 0.2) is 0 Å². The first kappa shape index (κ1) is 11.9. The van der Waals surface area contributed by atoms with E-state index in [4.69, 9.17) is 5.53 Å². The number of azide groups is 1. The molecule has 102 valence electrons. The van der Waals surface area contributed by atoms with E-state index in [2.05, 4.69) is 45.8 Å². The Morgan fingerprint density at radius 1 is 1.35 bits per heavy atom. The summed E-state index contributed by atoms with van der Waals surface area (Å²) in [4.78, 5) is 3.08. The van der Waals surface area contributed by atoms with E-state index in [1.807, 2.05) is 0 Å². The topological polar surface area (TPSA) is 53.7 Å². The van der Waals surface area contributed by atoms with Crippen LogP contribution in [0, 0.1) is 0 Å². The van der Waals surface area contributed by atoms with Gasteiger partial charge < -0.3 is 4.57 Å². The highest BCUT2D eigenvalue weighted by Crippen LogP contribution is 2.53. The molecule has 2 aromatic rings. The fourth-order valence-electron chi connectivity index (χ4n) is 4.44. The molecular formula is C16H18N4. The van der Waals surface area contributed by atoms with Gasteiger partial charge in [-0.2, -0.15) is 0 Å². The Morgan fingerprint density at radius 3 is 3.00 bits per heavy atom. The van der Waals surface area contributed by atoms with Gasteiger partial charge in [0.25, 0.3) is 0 Å². The molecule has 4 heteroatoms. The molecule has 1 saturated carbocycles. The van der Waals surface area contributed by atoms with Crippen molar-refractivity contribution < 1.29 is 0 Å². The summed E-state index contributed by atoms with van der Waals surface area (Å²) in [5.74, 6) is 0.987. The number of rotatable bonds is 2. The number of para-hydroxylation sites is 1. The van der Waals surface area contributed by atoms with E-state index in [0.29, 0.717) is 11.8 Å². The van der Waals surface area contributed by atoms with Crippen LogP contribution in [0.4, 0.5) is 0 Å². The second-order valence-corrected chi connectivity index (χ2v) is 5.95. The summed E-state index contributed by atoms with van der Waals surface area (Å²) < 4.78 is 2.44. The Kier molecular flexibility index (Phi) is 2.54. The quantitative estimate of drug-likeness (QED) is 0.429. The van der Waals surface area contributed by atoms with E-state index in [9.17, 15) is 0 Å². The van der Waals surface area contributed by atoms with E-state index in [0.717, 1.165) is 19.4 Å². The molecule has 1 heterocycles. The lowest BCUT2D eigenvalue weighted by atomic mass is 9.66. The third-order valence-corrected chi connectivity index (χ3v) is 5.14. The van der Waals surface area contributed by atoms with Gasteiger partial charge in [0.2, 0.25) is 0 Å². The Balaban J connectivity index is 2.02. The van der Waals surface area contributed by atoms with Crippen LogP contribution in [0.2, 0.25) is 0 Å². The molecule has 0 amide bonds. The van der Waals surface area contributed by atoms with Gasteiger partial charge in [-0.15, -0.1) is 0 Å².